The van der Waals surface area contributed by atoms with Crippen LogP contribution in [0.25, 0.3) is 11.3 Å². The number of nitrogens with zero attached hydrogens (tertiary/aromatic N) is 1. The number of phenols is 1. The second-order valence-corrected chi connectivity index (χ2v) is 2.73. The molecule has 0 radical (unpaired) electrons. The van der Waals surface area contributed by atoms with E-state index < -0.39 is 0 Å². The van der Waals surface area contributed by atoms with Crippen molar-refractivity contribution >= 4 is 0 Å². The summed E-state index contributed by atoms with van der Waals surface area (Å²) in [5, 5.41) is 9.52. The minimum absolute atomic E-state index is 0. The van der Waals surface area contributed by atoms with Crippen LogP contribution in [0.2, 0.25) is 0 Å². The number of aromatic nitrogens is 1. The van der Waals surface area contributed by atoms with Gasteiger partial charge in [-0.2, -0.15) is 0 Å². The van der Waals surface area contributed by atoms with Crippen LogP contribution in [-0.2, 0) is 0 Å². The fourth-order valence-electron chi connectivity index (χ4n) is 1.21. The van der Waals surface area contributed by atoms with Gasteiger partial charge in [0.2, 0.25) is 0 Å². The molecule has 0 amide bonds. The summed E-state index contributed by atoms with van der Waals surface area (Å²) in [4.78, 5) is 4.15. The van der Waals surface area contributed by atoms with E-state index in [-0.39, 0.29) is 36.7 Å². The number of para-hydroxylation sites is 1. The molecule has 1 heterocycles. The van der Waals surface area contributed by atoms with Crippen molar-refractivity contribution in [2.24, 2.45) is 0 Å². The molecule has 0 saturated carbocycles. The van der Waals surface area contributed by atoms with Gasteiger partial charge in [0.05, 0.1) is 5.69 Å². The predicted octanol–water partition coefficient (Wildman–Crippen LogP) is -0.429. The van der Waals surface area contributed by atoms with Crippen LogP contribution < -0.4 is 29.6 Å². The molecular weight excluding hydrogens is 185 g/mol. The molecule has 2 aromatic rings. The molecule has 14 heavy (non-hydrogen) atoms. The van der Waals surface area contributed by atoms with Crippen LogP contribution in [0.1, 0.15) is 1.43 Å². The van der Waals surface area contributed by atoms with E-state index in [0.717, 1.165) is 11.3 Å². The van der Waals surface area contributed by atoms with E-state index in [1.807, 2.05) is 30.3 Å². The van der Waals surface area contributed by atoms with Crippen molar-refractivity contribution in [3.8, 4) is 17.0 Å². The third-order valence-corrected chi connectivity index (χ3v) is 1.84. The fraction of sp³-hybridized carbons (Fsp3) is 0. The molecule has 1 aromatic heterocycles. The summed E-state index contributed by atoms with van der Waals surface area (Å²) in [6.07, 6.45) is 1.71. The van der Waals surface area contributed by atoms with E-state index in [1.54, 1.807) is 18.3 Å². The largest absolute Gasteiger partial charge is 1.00 e. The summed E-state index contributed by atoms with van der Waals surface area (Å²) in [6.45, 7) is 0. The maximum atomic E-state index is 9.52. The average Bonchev–Trinajstić information content (AvgIpc) is 2.20. The normalized spacial score (nSPS) is 9.14. The predicted molar refractivity (Wildman–Crippen MR) is 52.4 cm³/mol. The van der Waals surface area contributed by atoms with Gasteiger partial charge < -0.3 is 6.53 Å². The van der Waals surface area contributed by atoms with Crippen molar-refractivity contribution in [1.82, 2.24) is 4.98 Å². The Kier molecular flexibility index (Phi) is 4.14. The van der Waals surface area contributed by atoms with Crippen LogP contribution in [0.5, 0.6) is 5.75 Å². The molecule has 0 atom stereocenters. The Labute approximate surface area is 106 Å². The summed E-state index contributed by atoms with van der Waals surface area (Å²) in [5.41, 5.74) is 1.56. The quantitative estimate of drug-likeness (QED) is 0.626. The van der Waals surface area contributed by atoms with E-state index in [2.05, 4.69) is 4.98 Å². The van der Waals surface area contributed by atoms with Crippen molar-refractivity contribution < 1.29 is 36.1 Å². The number of hydrogen-bond donors (Lipinski definition) is 1. The van der Waals surface area contributed by atoms with Crippen molar-refractivity contribution in [2.45, 2.75) is 0 Å². The summed E-state index contributed by atoms with van der Waals surface area (Å²) in [5.74, 6) is 0.265. The summed E-state index contributed by atoms with van der Waals surface area (Å²) < 4.78 is 0. The van der Waals surface area contributed by atoms with E-state index in [9.17, 15) is 5.11 Å². The summed E-state index contributed by atoms with van der Waals surface area (Å²) in [7, 11) is 0. The van der Waals surface area contributed by atoms with Gasteiger partial charge in [0, 0.05) is 11.8 Å². The Morgan fingerprint density at radius 1 is 1.00 bits per heavy atom. The van der Waals surface area contributed by atoms with Gasteiger partial charge in [0.15, 0.2) is 0 Å². The van der Waals surface area contributed by atoms with Gasteiger partial charge in [0.1, 0.15) is 5.75 Å². The first kappa shape index (κ1) is 11.2. The van der Waals surface area contributed by atoms with Gasteiger partial charge in [-0.25, -0.2) is 0 Å². The van der Waals surface area contributed by atoms with Crippen LogP contribution in [0.15, 0.2) is 48.7 Å². The number of phenolic OH excluding ortho intramolecular Hbond substituents is 1. The summed E-state index contributed by atoms with van der Waals surface area (Å²) in [6, 6.07) is 12.8. The van der Waals surface area contributed by atoms with Gasteiger partial charge in [-0.3, -0.25) is 4.98 Å². The minimum atomic E-state index is 0. The number of rotatable bonds is 1. The molecule has 0 aliphatic heterocycles. The first-order valence-corrected chi connectivity index (χ1v) is 4.07. The van der Waals surface area contributed by atoms with E-state index in [1.165, 1.54) is 0 Å². The molecule has 3 heteroatoms. The number of benzene rings is 1. The van der Waals surface area contributed by atoms with Gasteiger partial charge >= 0.3 is 29.6 Å². The van der Waals surface area contributed by atoms with Crippen molar-refractivity contribution in [2.75, 3.05) is 0 Å². The maximum Gasteiger partial charge on any atom is 1.00 e. The molecule has 0 bridgehead atoms. The maximum absolute atomic E-state index is 9.52. The van der Waals surface area contributed by atoms with Crippen LogP contribution in [0, 0.1) is 0 Å². The van der Waals surface area contributed by atoms with Crippen LogP contribution in [0.4, 0.5) is 0 Å². The molecule has 0 unspecified atom stereocenters. The third kappa shape index (κ3) is 2.35. The van der Waals surface area contributed by atoms with Gasteiger partial charge in [-0.05, 0) is 24.3 Å². The standard InChI is InChI=1S/C11H9NO.Na.H/c13-11-7-2-1-5-9(11)10-6-3-4-8-12-10;;/h1-8,13H;;/q;+1;-1. The Bertz CT molecular complexity index is 408. The number of pyridine rings is 1. The van der Waals surface area contributed by atoms with Gasteiger partial charge in [-0.1, -0.05) is 18.2 Å². The SMILES string of the molecule is Oc1ccccc1-c1ccccn1.[H-].[Na+]. The third-order valence-electron chi connectivity index (χ3n) is 1.84. The average molecular weight is 195 g/mol. The summed E-state index contributed by atoms with van der Waals surface area (Å²) >= 11 is 0. The molecule has 0 fully saturated rings. The van der Waals surface area contributed by atoms with Crippen LogP contribution in [-0.4, -0.2) is 10.1 Å². The smallest absolute Gasteiger partial charge is 1.00 e. The van der Waals surface area contributed by atoms with Crippen molar-refractivity contribution in [3.63, 3.8) is 0 Å². The zero-order chi connectivity index (χ0) is 9.10. The minimum Gasteiger partial charge on any atom is -1.00 e. The molecule has 1 aromatic carbocycles. The molecule has 2 rings (SSSR count). The van der Waals surface area contributed by atoms with Crippen molar-refractivity contribution in [3.05, 3.63) is 48.7 Å². The molecule has 0 saturated heterocycles. The first-order chi connectivity index (χ1) is 6.38. The van der Waals surface area contributed by atoms with Crippen molar-refractivity contribution in [1.29, 1.82) is 0 Å². The second kappa shape index (κ2) is 5.15. The molecule has 66 valence electrons. The molecule has 0 spiro atoms. The van der Waals surface area contributed by atoms with Gasteiger partial charge in [-0.15, -0.1) is 0 Å². The Morgan fingerprint density at radius 2 is 1.71 bits per heavy atom. The monoisotopic (exact) mass is 195 g/mol. The first-order valence-electron chi connectivity index (χ1n) is 4.07. The van der Waals surface area contributed by atoms with E-state index >= 15 is 0 Å². The van der Waals surface area contributed by atoms with E-state index in [4.69, 9.17) is 0 Å². The number of aromatic hydroxyl groups is 1. The topological polar surface area (TPSA) is 33.1 Å². The Hall–Kier alpha value is -0.830. The number of hydrogen-bond acceptors (Lipinski definition) is 2. The van der Waals surface area contributed by atoms with Crippen LogP contribution >= 0.6 is 0 Å². The van der Waals surface area contributed by atoms with Crippen LogP contribution in [0.3, 0.4) is 0 Å². The molecule has 0 aliphatic carbocycles. The van der Waals surface area contributed by atoms with E-state index in [0.29, 0.717) is 0 Å². The zero-order valence-electron chi connectivity index (χ0n) is 9.01. The Morgan fingerprint density at radius 3 is 2.36 bits per heavy atom. The Balaban J connectivity index is 0.000000980. The molecule has 0 aliphatic rings. The fourth-order valence-corrected chi connectivity index (χ4v) is 1.21. The molecular formula is C11H10NNaO. The second-order valence-electron chi connectivity index (χ2n) is 2.73. The molecule has 2 nitrogen and oxygen atoms in total. The zero-order valence-corrected chi connectivity index (χ0v) is 10.0. The van der Waals surface area contributed by atoms with Gasteiger partial charge in [0.25, 0.3) is 0 Å². The molecule has 1 N–H and O–H groups in total.